The first-order valence-electron chi connectivity index (χ1n) is 6.07. The zero-order valence-electron chi connectivity index (χ0n) is 12.0. The number of carbonyl (C=O) groups is 2. The Morgan fingerprint density at radius 1 is 1.10 bits per heavy atom. The van der Waals surface area contributed by atoms with Gasteiger partial charge in [-0.15, -0.1) is 0 Å². The fourth-order valence-electron chi connectivity index (χ4n) is 1.51. The Balaban J connectivity index is 2.89. The fourth-order valence-corrected chi connectivity index (χ4v) is 2.59. The van der Waals surface area contributed by atoms with Crippen LogP contribution in [0.15, 0.2) is 29.2 Å². The molecule has 0 unspecified atom stereocenters. The molecule has 6 heteroatoms. The van der Waals surface area contributed by atoms with Crippen molar-refractivity contribution >= 4 is 21.6 Å². The SMILES string of the molecule is CC(=O)c1ccc(S(=O)(=O)CC(=O)OC(C)(C)C)cc1. The van der Waals surface area contributed by atoms with Gasteiger partial charge in [-0.05, 0) is 39.8 Å². The lowest BCUT2D eigenvalue weighted by Crippen LogP contribution is -2.28. The van der Waals surface area contributed by atoms with E-state index in [2.05, 4.69) is 0 Å². The molecular formula is C14H18O5S. The third-order valence-electron chi connectivity index (χ3n) is 2.35. The Morgan fingerprint density at radius 3 is 2.00 bits per heavy atom. The van der Waals surface area contributed by atoms with Crippen LogP contribution in [0.3, 0.4) is 0 Å². The molecule has 1 rings (SSSR count). The number of esters is 1. The summed E-state index contributed by atoms with van der Waals surface area (Å²) in [4.78, 5) is 22.7. The number of ketones is 1. The van der Waals surface area contributed by atoms with Crippen molar-refractivity contribution in [2.45, 2.75) is 38.2 Å². The van der Waals surface area contributed by atoms with Gasteiger partial charge >= 0.3 is 5.97 Å². The molecule has 0 atom stereocenters. The minimum absolute atomic E-state index is 0.00615. The lowest BCUT2D eigenvalue weighted by atomic mass is 10.2. The van der Waals surface area contributed by atoms with Crippen LogP contribution in [0.4, 0.5) is 0 Å². The van der Waals surface area contributed by atoms with Crippen LogP contribution in [-0.2, 0) is 19.4 Å². The fraction of sp³-hybridized carbons (Fsp3) is 0.429. The van der Waals surface area contributed by atoms with Crippen LogP contribution >= 0.6 is 0 Å². The maximum Gasteiger partial charge on any atom is 0.322 e. The number of carbonyl (C=O) groups excluding carboxylic acids is 2. The molecule has 110 valence electrons. The van der Waals surface area contributed by atoms with E-state index in [0.29, 0.717) is 5.56 Å². The van der Waals surface area contributed by atoms with Gasteiger partial charge in [-0.3, -0.25) is 9.59 Å². The summed E-state index contributed by atoms with van der Waals surface area (Å²) in [7, 11) is -3.76. The minimum atomic E-state index is -3.76. The molecule has 0 aliphatic rings. The molecule has 0 radical (unpaired) electrons. The standard InChI is InChI=1S/C14H18O5S/c1-10(15)11-5-7-12(8-6-11)20(17,18)9-13(16)19-14(2,3)4/h5-8H,9H2,1-4H3. The van der Waals surface area contributed by atoms with Crippen molar-refractivity contribution < 1.29 is 22.7 Å². The maximum atomic E-state index is 12.0. The molecule has 0 aliphatic carbocycles. The Kier molecular flexibility index (Phi) is 4.70. The summed E-state index contributed by atoms with van der Waals surface area (Å²) in [5.74, 6) is -1.67. The van der Waals surface area contributed by atoms with E-state index >= 15 is 0 Å². The zero-order chi connectivity index (χ0) is 15.6. The average Bonchev–Trinajstić information content (AvgIpc) is 2.25. The molecule has 0 amide bonds. The van der Waals surface area contributed by atoms with Crippen LogP contribution < -0.4 is 0 Å². The first kappa shape index (κ1) is 16.4. The van der Waals surface area contributed by atoms with Gasteiger partial charge in [0.25, 0.3) is 0 Å². The highest BCUT2D eigenvalue weighted by Crippen LogP contribution is 2.15. The number of hydrogen-bond donors (Lipinski definition) is 0. The third-order valence-corrected chi connectivity index (χ3v) is 3.95. The summed E-state index contributed by atoms with van der Waals surface area (Å²) >= 11 is 0. The number of hydrogen-bond acceptors (Lipinski definition) is 5. The molecule has 0 bridgehead atoms. The van der Waals surface area contributed by atoms with Crippen molar-refractivity contribution in [2.24, 2.45) is 0 Å². The molecule has 0 fully saturated rings. The smallest absolute Gasteiger partial charge is 0.322 e. The largest absolute Gasteiger partial charge is 0.459 e. The van der Waals surface area contributed by atoms with Crippen molar-refractivity contribution in [3.63, 3.8) is 0 Å². The molecule has 1 aromatic carbocycles. The van der Waals surface area contributed by atoms with Crippen molar-refractivity contribution in [1.82, 2.24) is 0 Å². The Hall–Kier alpha value is -1.69. The van der Waals surface area contributed by atoms with Crippen molar-refractivity contribution in [2.75, 3.05) is 5.75 Å². The topological polar surface area (TPSA) is 77.5 Å². The van der Waals surface area contributed by atoms with Gasteiger partial charge in [0.15, 0.2) is 21.4 Å². The molecule has 1 aromatic rings. The summed E-state index contributed by atoms with van der Waals surface area (Å²) in [5.41, 5.74) is -0.313. The zero-order valence-corrected chi connectivity index (χ0v) is 12.8. The lowest BCUT2D eigenvalue weighted by Gasteiger charge is -2.19. The average molecular weight is 298 g/mol. The predicted molar refractivity (Wildman–Crippen MR) is 74.3 cm³/mol. The van der Waals surface area contributed by atoms with Crippen molar-refractivity contribution in [3.05, 3.63) is 29.8 Å². The summed E-state index contributed by atoms with van der Waals surface area (Å²) < 4.78 is 29.0. The second-order valence-electron chi connectivity index (χ2n) is 5.43. The Morgan fingerprint density at radius 2 is 1.60 bits per heavy atom. The van der Waals surface area contributed by atoms with Gasteiger partial charge in [-0.25, -0.2) is 8.42 Å². The van der Waals surface area contributed by atoms with Gasteiger partial charge in [-0.2, -0.15) is 0 Å². The predicted octanol–water partition coefficient (Wildman–Crippen LogP) is 2.00. The summed E-state index contributed by atoms with van der Waals surface area (Å²) in [6.45, 7) is 6.39. The van der Waals surface area contributed by atoms with E-state index in [9.17, 15) is 18.0 Å². The van der Waals surface area contributed by atoms with E-state index in [-0.39, 0.29) is 10.7 Å². The molecule has 0 saturated heterocycles. The molecule has 0 aliphatic heterocycles. The van der Waals surface area contributed by atoms with Gasteiger partial charge in [0.2, 0.25) is 0 Å². The molecular weight excluding hydrogens is 280 g/mol. The van der Waals surface area contributed by atoms with Gasteiger partial charge < -0.3 is 4.74 Å². The molecule has 0 spiro atoms. The first-order chi connectivity index (χ1) is 9.01. The highest BCUT2D eigenvalue weighted by molar-refractivity contribution is 7.92. The van der Waals surface area contributed by atoms with E-state index < -0.39 is 27.2 Å². The highest BCUT2D eigenvalue weighted by atomic mass is 32.2. The molecule has 20 heavy (non-hydrogen) atoms. The summed E-state index contributed by atoms with van der Waals surface area (Å²) in [6.07, 6.45) is 0. The van der Waals surface area contributed by atoms with Gasteiger partial charge in [0.1, 0.15) is 5.60 Å². The van der Waals surface area contributed by atoms with Gasteiger partial charge in [0.05, 0.1) is 4.90 Å². The van der Waals surface area contributed by atoms with E-state index in [1.165, 1.54) is 31.2 Å². The minimum Gasteiger partial charge on any atom is -0.459 e. The quantitative estimate of drug-likeness (QED) is 0.627. The number of ether oxygens (including phenoxy) is 1. The number of benzene rings is 1. The van der Waals surface area contributed by atoms with Crippen LogP contribution in [0.25, 0.3) is 0 Å². The van der Waals surface area contributed by atoms with Crippen LogP contribution in [0.1, 0.15) is 38.1 Å². The first-order valence-corrected chi connectivity index (χ1v) is 7.72. The normalized spacial score (nSPS) is 12.0. The monoisotopic (exact) mass is 298 g/mol. The van der Waals surface area contributed by atoms with Gasteiger partial charge in [-0.1, -0.05) is 12.1 Å². The lowest BCUT2D eigenvalue weighted by molar-refractivity contribution is -0.151. The van der Waals surface area contributed by atoms with E-state index in [4.69, 9.17) is 4.74 Å². The van der Waals surface area contributed by atoms with Gasteiger partial charge in [0, 0.05) is 5.56 Å². The number of Topliss-reactive ketones (excluding diaryl/α,β-unsaturated/α-hetero) is 1. The third kappa shape index (κ3) is 4.77. The molecule has 5 nitrogen and oxygen atoms in total. The molecule has 0 N–H and O–H groups in total. The van der Waals surface area contributed by atoms with Crippen LogP contribution in [0.5, 0.6) is 0 Å². The van der Waals surface area contributed by atoms with E-state index in [0.717, 1.165) is 0 Å². The Bertz CT molecular complexity index is 606. The maximum absolute atomic E-state index is 12.0. The number of rotatable bonds is 4. The Labute approximate surface area is 118 Å². The molecule has 0 saturated carbocycles. The van der Waals surface area contributed by atoms with Crippen molar-refractivity contribution in [1.29, 1.82) is 0 Å². The molecule has 0 heterocycles. The number of sulfone groups is 1. The summed E-state index contributed by atoms with van der Waals surface area (Å²) in [6, 6.07) is 5.47. The summed E-state index contributed by atoms with van der Waals surface area (Å²) in [5, 5.41) is 0. The van der Waals surface area contributed by atoms with Crippen LogP contribution in [0.2, 0.25) is 0 Å². The van der Waals surface area contributed by atoms with E-state index in [1.807, 2.05) is 0 Å². The van der Waals surface area contributed by atoms with Crippen LogP contribution in [0, 0.1) is 0 Å². The highest BCUT2D eigenvalue weighted by Gasteiger charge is 2.24. The second-order valence-corrected chi connectivity index (χ2v) is 7.42. The van der Waals surface area contributed by atoms with Crippen LogP contribution in [-0.4, -0.2) is 31.5 Å². The molecule has 0 aromatic heterocycles. The van der Waals surface area contributed by atoms with Crippen molar-refractivity contribution in [3.8, 4) is 0 Å². The van der Waals surface area contributed by atoms with E-state index in [1.54, 1.807) is 20.8 Å². The second kappa shape index (κ2) is 5.75.